The van der Waals surface area contributed by atoms with Gasteiger partial charge in [-0.2, -0.15) is 0 Å². The van der Waals surface area contributed by atoms with Crippen LogP contribution in [0.15, 0.2) is 28.7 Å². The average Bonchev–Trinajstić information content (AvgIpc) is 3.25. The fourth-order valence-electron chi connectivity index (χ4n) is 2.22. The van der Waals surface area contributed by atoms with Gasteiger partial charge in [-0.15, -0.1) is 10.2 Å². The maximum Gasteiger partial charge on any atom is 0.308 e. The minimum atomic E-state index is -0.316. The van der Waals surface area contributed by atoms with E-state index in [0.29, 0.717) is 18.4 Å². The normalized spacial score (nSPS) is 14.0. The number of rotatable bonds is 7. The number of aromatic nitrogens is 2. The number of hydrogen-bond donors (Lipinski definition) is 1. The third-order valence-electron chi connectivity index (χ3n) is 3.56. The van der Waals surface area contributed by atoms with Crippen LogP contribution in [0.3, 0.4) is 0 Å². The monoisotopic (exact) mass is 315 g/mol. The number of nitrogens with zero attached hydrogens (tertiary/aromatic N) is 2. The van der Waals surface area contributed by atoms with Gasteiger partial charge in [0.1, 0.15) is 5.75 Å². The van der Waals surface area contributed by atoms with Crippen LogP contribution in [0, 0.1) is 0 Å². The maximum absolute atomic E-state index is 11.9. The zero-order valence-corrected chi connectivity index (χ0v) is 13.4. The molecular weight excluding hydrogens is 294 g/mol. The van der Waals surface area contributed by atoms with E-state index >= 15 is 0 Å². The number of carbonyl (C=O) groups excluding carboxylic acids is 1. The number of amides is 1. The highest BCUT2D eigenvalue weighted by molar-refractivity contribution is 5.89. The molecule has 0 spiro atoms. The molecule has 6 heteroatoms. The van der Waals surface area contributed by atoms with Crippen LogP contribution in [-0.2, 0) is 6.42 Å². The molecule has 0 aliphatic heterocycles. The maximum atomic E-state index is 11.9. The lowest BCUT2D eigenvalue weighted by Gasteiger charge is -2.10. The van der Waals surface area contributed by atoms with Crippen molar-refractivity contribution in [2.75, 3.05) is 6.54 Å². The number of nitrogens with one attached hydrogen (secondary N) is 1. The van der Waals surface area contributed by atoms with Gasteiger partial charge in [-0.1, -0.05) is 12.1 Å². The molecule has 0 atom stereocenters. The van der Waals surface area contributed by atoms with Gasteiger partial charge in [0.15, 0.2) is 0 Å². The lowest BCUT2D eigenvalue weighted by molar-refractivity contribution is 0.0917. The predicted octanol–water partition coefficient (Wildman–Crippen LogP) is 2.71. The standard InChI is InChI=1S/C17H21N3O3/c1-11(2)22-14-7-3-12(4-8-14)9-10-18-15(21)17-20-19-16(23-17)13-5-6-13/h3-4,7-8,11,13H,5-6,9-10H2,1-2H3,(H,18,21). The van der Waals surface area contributed by atoms with Gasteiger partial charge in [0.2, 0.25) is 5.89 Å². The third-order valence-corrected chi connectivity index (χ3v) is 3.56. The van der Waals surface area contributed by atoms with E-state index in [-0.39, 0.29) is 17.9 Å². The molecule has 122 valence electrons. The first-order chi connectivity index (χ1) is 11.1. The molecule has 3 rings (SSSR count). The van der Waals surface area contributed by atoms with E-state index in [0.717, 1.165) is 30.6 Å². The third kappa shape index (κ3) is 4.31. The fourth-order valence-corrected chi connectivity index (χ4v) is 2.22. The largest absolute Gasteiger partial charge is 0.491 e. The molecule has 2 aromatic rings. The molecule has 1 aromatic heterocycles. The molecule has 1 aliphatic carbocycles. The van der Waals surface area contributed by atoms with E-state index in [1.165, 1.54) is 0 Å². The van der Waals surface area contributed by atoms with E-state index in [1.807, 2.05) is 38.1 Å². The minimum absolute atomic E-state index is 0.0487. The first kappa shape index (κ1) is 15.5. The van der Waals surface area contributed by atoms with Crippen LogP contribution >= 0.6 is 0 Å². The number of benzene rings is 1. The molecule has 1 fully saturated rings. The van der Waals surface area contributed by atoms with Crippen LogP contribution in [0.1, 0.15) is 54.7 Å². The van der Waals surface area contributed by atoms with Crippen molar-refractivity contribution in [3.05, 3.63) is 41.6 Å². The van der Waals surface area contributed by atoms with Gasteiger partial charge in [0.05, 0.1) is 6.10 Å². The molecule has 1 amide bonds. The summed E-state index contributed by atoms with van der Waals surface area (Å²) >= 11 is 0. The van der Waals surface area contributed by atoms with Gasteiger partial charge in [0.25, 0.3) is 0 Å². The second-order valence-corrected chi connectivity index (χ2v) is 6.04. The Labute approximate surface area is 135 Å². The molecule has 23 heavy (non-hydrogen) atoms. The van der Waals surface area contributed by atoms with Crippen LogP contribution < -0.4 is 10.1 Å². The Kier molecular flexibility index (Phi) is 4.60. The molecule has 1 N–H and O–H groups in total. The van der Waals surface area contributed by atoms with Gasteiger partial charge in [-0.3, -0.25) is 4.79 Å². The summed E-state index contributed by atoms with van der Waals surface area (Å²) in [6, 6.07) is 7.89. The molecule has 1 aliphatic rings. The fraction of sp³-hybridized carbons (Fsp3) is 0.471. The lowest BCUT2D eigenvalue weighted by Crippen LogP contribution is -2.26. The number of carbonyl (C=O) groups is 1. The van der Waals surface area contributed by atoms with Crippen LogP contribution in [0.5, 0.6) is 5.75 Å². The Hall–Kier alpha value is -2.37. The van der Waals surface area contributed by atoms with Crippen molar-refractivity contribution in [2.24, 2.45) is 0 Å². The van der Waals surface area contributed by atoms with Crippen molar-refractivity contribution >= 4 is 5.91 Å². The summed E-state index contributed by atoms with van der Waals surface area (Å²) in [5.74, 6) is 1.52. The number of ether oxygens (including phenoxy) is 1. The molecule has 0 saturated heterocycles. The summed E-state index contributed by atoms with van der Waals surface area (Å²) in [5, 5.41) is 10.5. The second-order valence-electron chi connectivity index (χ2n) is 6.04. The van der Waals surface area contributed by atoms with Crippen LogP contribution in [0.25, 0.3) is 0 Å². The van der Waals surface area contributed by atoms with E-state index in [4.69, 9.17) is 9.15 Å². The highest BCUT2D eigenvalue weighted by Crippen LogP contribution is 2.38. The van der Waals surface area contributed by atoms with Crippen molar-refractivity contribution < 1.29 is 13.9 Å². The second kappa shape index (κ2) is 6.81. The quantitative estimate of drug-likeness (QED) is 0.850. The summed E-state index contributed by atoms with van der Waals surface area (Å²) < 4.78 is 11.0. The van der Waals surface area contributed by atoms with Crippen molar-refractivity contribution in [2.45, 2.75) is 45.1 Å². The summed E-state index contributed by atoms with van der Waals surface area (Å²) in [4.78, 5) is 11.9. The van der Waals surface area contributed by atoms with Gasteiger partial charge in [-0.25, -0.2) is 0 Å². The Morgan fingerprint density at radius 1 is 1.30 bits per heavy atom. The zero-order chi connectivity index (χ0) is 16.2. The van der Waals surface area contributed by atoms with E-state index in [1.54, 1.807) is 0 Å². The molecule has 0 bridgehead atoms. The Bertz CT molecular complexity index is 660. The van der Waals surface area contributed by atoms with Crippen LogP contribution in [0.4, 0.5) is 0 Å². The Morgan fingerprint density at radius 3 is 2.70 bits per heavy atom. The lowest BCUT2D eigenvalue weighted by atomic mass is 10.1. The molecule has 1 aromatic carbocycles. The molecule has 1 heterocycles. The van der Waals surface area contributed by atoms with Gasteiger partial charge in [-0.05, 0) is 50.8 Å². The first-order valence-corrected chi connectivity index (χ1v) is 7.99. The smallest absolute Gasteiger partial charge is 0.308 e. The highest BCUT2D eigenvalue weighted by atomic mass is 16.5. The van der Waals surface area contributed by atoms with Crippen molar-refractivity contribution in [3.8, 4) is 5.75 Å². The zero-order valence-electron chi connectivity index (χ0n) is 13.4. The summed E-state index contributed by atoms with van der Waals surface area (Å²) in [6.45, 7) is 4.51. The molecule has 6 nitrogen and oxygen atoms in total. The predicted molar refractivity (Wildman–Crippen MR) is 84.5 cm³/mol. The van der Waals surface area contributed by atoms with E-state index < -0.39 is 0 Å². The van der Waals surface area contributed by atoms with Crippen LogP contribution in [0.2, 0.25) is 0 Å². The number of hydrogen-bond acceptors (Lipinski definition) is 5. The Morgan fingerprint density at radius 2 is 2.04 bits per heavy atom. The topological polar surface area (TPSA) is 77.2 Å². The van der Waals surface area contributed by atoms with Crippen molar-refractivity contribution in [3.63, 3.8) is 0 Å². The molecule has 1 saturated carbocycles. The molecule has 0 radical (unpaired) electrons. The highest BCUT2D eigenvalue weighted by Gasteiger charge is 2.30. The average molecular weight is 315 g/mol. The van der Waals surface area contributed by atoms with Crippen molar-refractivity contribution in [1.29, 1.82) is 0 Å². The summed E-state index contributed by atoms with van der Waals surface area (Å²) in [5.41, 5.74) is 1.13. The Balaban J connectivity index is 1.45. The van der Waals surface area contributed by atoms with E-state index in [2.05, 4.69) is 15.5 Å². The minimum Gasteiger partial charge on any atom is -0.491 e. The molecular formula is C17H21N3O3. The van der Waals surface area contributed by atoms with E-state index in [9.17, 15) is 4.79 Å². The first-order valence-electron chi connectivity index (χ1n) is 7.99. The van der Waals surface area contributed by atoms with Crippen molar-refractivity contribution in [1.82, 2.24) is 15.5 Å². The summed E-state index contributed by atoms with van der Waals surface area (Å²) in [6.07, 6.45) is 3.03. The van der Waals surface area contributed by atoms with Gasteiger partial charge >= 0.3 is 11.8 Å². The summed E-state index contributed by atoms with van der Waals surface area (Å²) in [7, 11) is 0. The van der Waals surface area contributed by atoms with Crippen LogP contribution in [-0.4, -0.2) is 28.8 Å². The molecule has 0 unspecified atom stereocenters. The SMILES string of the molecule is CC(C)Oc1ccc(CCNC(=O)c2nnc(C3CC3)o2)cc1. The van der Waals surface area contributed by atoms with Gasteiger partial charge in [0, 0.05) is 12.5 Å². The van der Waals surface area contributed by atoms with Gasteiger partial charge < -0.3 is 14.5 Å².